The first-order valence-electron chi connectivity index (χ1n) is 10.2. The van der Waals surface area contributed by atoms with Crippen molar-refractivity contribution < 1.29 is 4.74 Å². The molecule has 0 atom stereocenters. The molecule has 7 nitrogen and oxygen atoms in total. The summed E-state index contributed by atoms with van der Waals surface area (Å²) in [5.41, 5.74) is 2.21. The molecule has 2 aromatic heterocycles. The van der Waals surface area contributed by atoms with E-state index in [2.05, 4.69) is 40.8 Å². The molecule has 0 saturated carbocycles. The lowest BCUT2D eigenvalue weighted by Crippen LogP contribution is -2.29. The van der Waals surface area contributed by atoms with Gasteiger partial charge in [-0.05, 0) is 29.8 Å². The second kappa shape index (κ2) is 10.0. The zero-order chi connectivity index (χ0) is 21.5. The van der Waals surface area contributed by atoms with E-state index in [0.717, 1.165) is 35.8 Å². The van der Waals surface area contributed by atoms with E-state index in [1.807, 2.05) is 55.5 Å². The Kier molecular flexibility index (Phi) is 7.17. The summed E-state index contributed by atoms with van der Waals surface area (Å²) in [6.45, 7) is 5.63. The van der Waals surface area contributed by atoms with Crippen LogP contribution >= 0.6 is 0 Å². The second-order valence-electron chi connectivity index (χ2n) is 7.68. The van der Waals surface area contributed by atoms with Gasteiger partial charge in [0.1, 0.15) is 11.6 Å². The van der Waals surface area contributed by atoms with Gasteiger partial charge in [0.25, 0.3) is 0 Å². The minimum absolute atomic E-state index is 0.212. The molecule has 0 aliphatic rings. The third-order valence-electron chi connectivity index (χ3n) is 4.72. The maximum absolute atomic E-state index is 5.29. The number of anilines is 2. The van der Waals surface area contributed by atoms with Gasteiger partial charge >= 0.3 is 0 Å². The first-order chi connectivity index (χ1) is 14.5. The van der Waals surface area contributed by atoms with Crippen LogP contribution in [0.25, 0.3) is 0 Å². The number of hydrogen-bond donors (Lipinski definition) is 0. The smallest absolute Gasteiger partial charge is 0.230 e. The molecular weight excluding hydrogens is 376 g/mol. The molecule has 0 amide bonds. The summed E-state index contributed by atoms with van der Waals surface area (Å²) in [6.07, 6.45) is 2.63. The van der Waals surface area contributed by atoms with Crippen LogP contribution in [0.5, 0.6) is 5.75 Å². The van der Waals surface area contributed by atoms with E-state index in [0.29, 0.717) is 18.4 Å². The van der Waals surface area contributed by atoms with E-state index in [-0.39, 0.29) is 5.92 Å². The highest BCUT2D eigenvalue weighted by molar-refractivity contribution is 5.40. The molecule has 2 heterocycles. The average molecular weight is 407 g/mol. The van der Waals surface area contributed by atoms with Crippen LogP contribution in [-0.4, -0.2) is 47.7 Å². The van der Waals surface area contributed by atoms with Gasteiger partial charge in [-0.25, -0.2) is 0 Å². The molecule has 0 bridgehead atoms. The second-order valence-corrected chi connectivity index (χ2v) is 7.68. The first-order valence-corrected chi connectivity index (χ1v) is 10.2. The van der Waals surface area contributed by atoms with Crippen molar-refractivity contribution >= 4 is 11.9 Å². The fraction of sp³-hybridized carbons (Fsp3) is 0.391. The quantitative estimate of drug-likeness (QED) is 0.536. The van der Waals surface area contributed by atoms with Crippen LogP contribution in [0.15, 0.2) is 48.7 Å². The normalized spacial score (nSPS) is 10.9. The van der Waals surface area contributed by atoms with E-state index in [9.17, 15) is 0 Å². The van der Waals surface area contributed by atoms with Crippen molar-refractivity contribution in [3.05, 3.63) is 65.7 Å². The molecule has 158 valence electrons. The summed E-state index contributed by atoms with van der Waals surface area (Å²) in [4.78, 5) is 22.7. The predicted octanol–water partition coefficient (Wildman–Crippen LogP) is 3.71. The number of rotatable bonds is 9. The monoisotopic (exact) mass is 406 g/mol. The Hall–Kier alpha value is -3.22. The molecule has 0 saturated heterocycles. The van der Waals surface area contributed by atoms with Crippen LogP contribution in [0, 0.1) is 0 Å². The summed E-state index contributed by atoms with van der Waals surface area (Å²) in [6, 6.07) is 14.1. The highest BCUT2D eigenvalue weighted by Gasteiger charge is 2.17. The zero-order valence-corrected chi connectivity index (χ0v) is 18.4. The molecule has 3 aromatic rings. The summed E-state index contributed by atoms with van der Waals surface area (Å²) in [7, 11) is 5.57. The van der Waals surface area contributed by atoms with Crippen LogP contribution in [0.2, 0.25) is 0 Å². The van der Waals surface area contributed by atoms with E-state index >= 15 is 0 Å². The fourth-order valence-electron chi connectivity index (χ4n) is 2.97. The molecule has 1 aromatic carbocycles. The van der Waals surface area contributed by atoms with E-state index in [4.69, 9.17) is 14.7 Å². The lowest BCUT2D eigenvalue weighted by Gasteiger charge is -2.25. The molecule has 0 radical (unpaired) electrons. The van der Waals surface area contributed by atoms with Crippen molar-refractivity contribution in [3.63, 3.8) is 0 Å². The number of hydrogen-bond acceptors (Lipinski definition) is 7. The van der Waals surface area contributed by atoms with E-state index in [1.54, 1.807) is 7.11 Å². The highest BCUT2D eigenvalue weighted by Crippen LogP contribution is 2.21. The van der Waals surface area contributed by atoms with Gasteiger partial charge in [0.05, 0.1) is 7.11 Å². The zero-order valence-electron chi connectivity index (χ0n) is 18.4. The van der Waals surface area contributed by atoms with Gasteiger partial charge in [0.15, 0.2) is 0 Å². The van der Waals surface area contributed by atoms with Gasteiger partial charge in [0.2, 0.25) is 11.9 Å². The Morgan fingerprint density at radius 2 is 1.67 bits per heavy atom. The first kappa shape index (κ1) is 21.5. The molecule has 7 heteroatoms. The summed E-state index contributed by atoms with van der Waals surface area (Å²) in [5, 5.41) is 0. The van der Waals surface area contributed by atoms with Crippen molar-refractivity contribution in [2.45, 2.75) is 32.7 Å². The third kappa shape index (κ3) is 5.65. The van der Waals surface area contributed by atoms with Crippen molar-refractivity contribution in [2.24, 2.45) is 0 Å². The van der Waals surface area contributed by atoms with Crippen molar-refractivity contribution in [1.82, 2.24) is 19.9 Å². The molecule has 30 heavy (non-hydrogen) atoms. The SMILES string of the molecule is COc1ccc(CN(CCc2ccccn2)c2nc(C(C)C)nc(N(C)C)n2)cc1. The van der Waals surface area contributed by atoms with Gasteiger partial charge in [-0.1, -0.05) is 32.0 Å². The largest absolute Gasteiger partial charge is 0.497 e. The Labute approximate surface area is 178 Å². The van der Waals surface area contributed by atoms with E-state index < -0.39 is 0 Å². The highest BCUT2D eigenvalue weighted by atomic mass is 16.5. The third-order valence-corrected chi connectivity index (χ3v) is 4.72. The number of aromatic nitrogens is 4. The predicted molar refractivity (Wildman–Crippen MR) is 120 cm³/mol. The minimum Gasteiger partial charge on any atom is -0.497 e. The minimum atomic E-state index is 0.212. The molecular formula is C23H30N6O. The Bertz CT molecular complexity index is 902. The Morgan fingerprint density at radius 1 is 0.933 bits per heavy atom. The van der Waals surface area contributed by atoms with Crippen LogP contribution < -0.4 is 14.5 Å². The molecule has 0 N–H and O–H groups in total. The summed E-state index contributed by atoms with van der Waals surface area (Å²) >= 11 is 0. The Balaban J connectivity index is 1.92. The van der Waals surface area contributed by atoms with Gasteiger partial charge < -0.3 is 14.5 Å². The van der Waals surface area contributed by atoms with Crippen LogP contribution in [0.4, 0.5) is 11.9 Å². The van der Waals surface area contributed by atoms with Gasteiger partial charge in [-0.2, -0.15) is 15.0 Å². The molecule has 0 unspecified atom stereocenters. The number of pyridine rings is 1. The summed E-state index contributed by atoms with van der Waals surface area (Å²) in [5.74, 6) is 3.20. The molecule has 3 rings (SSSR count). The number of methoxy groups -OCH3 is 1. The van der Waals surface area contributed by atoms with Gasteiger partial charge in [-0.15, -0.1) is 0 Å². The number of nitrogens with zero attached hydrogens (tertiary/aromatic N) is 6. The van der Waals surface area contributed by atoms with Crippen molar-refractivity contribution in [3.8, 4) is 5.75 Å². The summed E-state index contributed by atoms with van der Waals surface area (Å²) < 4.78 is 5.29. The lowest BCUT2D eigenvalue weighted by molar-refractivity contribution is 0.414. The molecule has 0 spiro atoms. The number of benzene rings is 1. The van der Waals surface area contributed by atoms with E-state index in [1.165, 1.54) is 0 Å². The molecule has 0 aliphatic carbocycles. The Morgan fingerprint density at radius 3 is 2.27 bits per heavy atom. The van der Waals surface area contributed by atoms with Gasteiger partial charge in [-0.3, -0.25) is 4.98 Å². The topological polar surface area (TPSA) is 67.3 Å². The number of ether oxygens (including phenoxy) is 1. The van der Waals surface area contributed by atoms with Crippen molar-refractivity contribution in [1.29, 1.82) is 0 Å². The van der Waals surface area contributed by atoms with Crippen LogP contribution in [0.3, 0.4) is 0 Å². The average Bonchev–Trinajstić information content (AvgIpc) is 2.77. The van der Waals surface area contributed by atoms with Gasteiger partial charge in [0, 0.05) is 51.4 Å². The lowest BCUT2D eigenvalue weighted by atomic mass is 10.2. The van der Waals surface area contributed by atoms with Crippen LogP contribution in [0.1, 0.15) is 36.8 Å². The standard InChI is InChI=1S/C23H30N6O/c1-17(2)21-25-22(28(3)4)27-23(26-21)29(15-13-19-8-6-7-14-24-19)16-18-9-11-20(30-5)12-10-18/h6-12,14,17H,13,15-16H2,1-5H3. The molecule has 0 aliphatic heterocycles. The van der Waals surface area contributed by atoms with Crippen molar-refractivity contribution in [2.75, 3.05) is 37.5 Å². The maximum atomic E-state index is 5.29. The maximum Gasteiger partial charge on any atom is 0.230 e. The van der Waals surface area contributed by atoms with Crippen LogP contribution in [-0.2, 0) is 13.0 Å². The molecule has 0 fully saturated rings. The fourth-order valence-corrected chi connectivity index (χ4v) is 2.97.